The van der Waals surface area contributed by atoms with E-state index >= 15 is 0 Å². The Bertz CT molecular complexity index is 1040. The van der Waals surface area contributed by atoms with Crippen molar-refractivity contribution in [3.8, 4) is 11.3 Å². The second-order valence-electron chi connectivity index (χ2n) is 8.19. The third-order valence-corrected chi connectivity index (χ3v) is 7.23. The zero-order chi connectivity index (χ0) is 21.4. The highest BCUT2D eigenvalue weighted by Gasteiger charge is 2.45. The molecule has 2 aromatic rings. The molecule has 162 valence electrons. The van der Waals surface area contributed by atoms with Gasteiger partial charge in [0.05, 0.1) is 30.1 Å². The zero-order valence-corrected chi connectivity index (χ0v) is 17.7. The van der Waals surface area contributed by atoms with Crippen molar-refractivity contribution in [2.45, 2.75) is 50.7 Å². The van der Waals surface area contributed by atoms with Crippen LogP contribution in [-0.4, -0.2) is 44.9 Å². The molecule has 0 spiro atoms. The molecule has 0 radical (unpaired) electrons. The molecule has 2 fully saturated rings. The SMILES string of the molecule is O=C(CC1CSC2=NC3CCCCC3C(=O)N21)NCc1cc(-c2ccccc2F)on1. The van der Waals surface area contributed by atoms with Gasteiger partial charge in [-0.25, -0.2) is 4.39 Å². The molecule has 3 atom stereocenters. The molecule has 1 aromatic carbocycles. The number of aliphatic imine (C=N–C) groups is 1. The van der Waals surface area contributed by atoms with Gasteiger partial charge in [-0.15, -0.1) is 0 Å². The number of amides is 2. The van der Waals surface area contributed by atoms with Gasteiger partial charge in [0.25, 0.3) is 0 Å². The highest BCUT2D eigenvalue weighted by molar-refractivity contribution is 8.14. The standard InChI is InChI=1S/C22H23FN4O3S/c23-17-7-3-1-5-15(17)19-9-13(26-30-19)11-24-20(28)10-14-12-31-22-25-18-8-4-2-6-16(18)21(29)27(14)22/h1,3,5,7,9,14,16,18H,2,4,6,8,10-12H2,(H,24,28). The van der Waals surface area contributed by atoms with E-state index in [4.69, 9.17) is 9.52 Å². The smallest absolute Gasteiger partial charge is 0.234 e. The molecule has 0 bridgehead atoms. The molecule has 2 aliphatic heterocycles. The molecular weight excluding hydrogens is 419 g/mol. The molecule has 3 heterocycles. The number of fused-ring (bicyclic) bond motifs is 2. The molecular formula is C22H23FN4O3S. The molecule has 1 aromatic heterocycles. The Kier molecular flexibility index (Phi) is 5.52. The summed E-state index contributed by atoms with van der Waals surface area (Å²) >= 11 is 1.56. The largest absolute Gasteiger partial charge is 0.356 e. The maximum absolute atomic E-state index is 13.9. The zero-order valence-electron chi connectivity index (χ0n) is 16.9. The lowest BCUT2D eigenvalue weighted by molar-refractivity contribution is -0.135. The van der Waals surface area contributed by atoms with Gasteiger partial charge in [0.15, 0.2) is 10.9 Å². The fourth-order valence-electron chi connectivity index (χ4n) is 4.53. The first-order valence-corrected chi connectivity index (χ1v) is 11.6. The molecule has 1 N–H and O–H groups in total. The van der Waals surface area contributed by atoms with Gasteiger partial charge in [-0.1, -0.05) is 41.9 Å². The lowest BCUT2D eigenvalue weighted by Gasteiger charge is -2.37. The van der Waals surface area contributed by atoms with Crippen LogP contribution in [0.3, 0.4) is 0 Å². The predicted octanol–water partition coefficient (Wildman–Crippen LogP) is 3.36. The minimum atomic E-state index is -0.392. The van der Waals surface area contributed by atoms with E-state index in [2.05, 4.69) is 10.5 Å². The molecule has 1 aliphatic carbocycles. The Morgan fingerprint density at radius 1 is 1.29 bits per heavy atom. The van der Waals surface area contributed by atoms with Crippen LogP contribution in [0.15, 0.2) is 39.8 Å². The van der Waals surface area contributed by atoms with Gasteiger partial charge in [0.2, 0.25) is 11.8 Å². The van der Waals surface area contributed by atoms with E-state index < -0.39 is 5.82 Å². The predicted molar refractivity (Wildman–Crippen MR) is 115 cm³/mol. The fourth-order valence-corrected chi connectivity index (χ4v) is 5.72. The van der Waals surface area contributed by atoms with Crippen molar-refractivity contribution in [3.05, 3.63) is 41.8 Å². The number of nitrogens with one attached hydrogen (secondary N) is 1. The van der Waals surface area contributed by atoms with Crippen LogP contribution in [0, 0.1) is 11.7 Å². The maximum atomic E-state index is 13.9. The minimum absolute atomic E-state index is 0.0336. The summed E-state index contributed by atoms with van der Waals surface area (Å²) in [5.74, 6) is 0.532. The number of thioether (sulfide) groups is 1. The summed E-state index contributed by atoms with van der Waals surface area (Å²) in [7, 11) is 0. The minimum Gasteiger partial charge on any atom is -0.356 e. The molecule has 31 heavy (non-hydrogen) atoms. The summed E-state index contributed by atoms with van der Waals surface area (Å²) in [6.45, 7) is 0.177. The van der Waals surface area contributed by atoms with Gasteiger partial charge >= 0.3 is 0 Å². The first kappa shape index (κ1) is 20.2. The average Bonchev–Trinajstić information content (AvgIpc) is 3.40. The third kappa shape index (κ3) is 3.98. The lowest BCUT2D eigenvalue weighted by Crippen LogP contribution is -2.51. The van der Waals surface area contributed by atoms with Crippen LogP contribution in [0.5, 0.6) is 0 Å². The number of amidine groups is 1. The first-order chi connectivity index (χ1) is 15.1. The lowest BCUT2D eigenvalue weighted by atomic mass is 9.83. The van der Waals surface area contributed by atoms with Crippen LogP contribution in [0.1, 0.15) is 37.8 Å². The van der Waals surface area contributed by atoms with Crippen LogP contribution in [0.2, 0.25) is 0 Å². The van der Waals surface area contributed by atoms with E-state index in [0.717, 1.165) is 30.9 Å². The molecule has 7 nitrogen and oxygen atoms in total. The Morgan fingerprint density at radius 2 is 2.13 bits per heavy atom. The van der Waals surface area contributed by atoms with E-state index in [1.165, 1.54) is 6.07 Å². The van der Waals surface area contributed by atoms with Crippen molar-refractivity contribution < 1.29 is 18.5 Å². The summed E-state index contributed by atoms with van der Waals surface area (Å²) in [6, 6.07) is 7.85. The van der Waals surface area contributed by atoms with Crippen LogP contribution < -0.4 is 5.32 Å². The Balaban J connectivity index is 1.19. The summed E-state index contributed by atoms with van der Waals surface area (Å²) in [5.41, 5.74) is 0.834. The Hall–Kier alpha value is -2.68. The quantitative estimate of drug-likeness (QED) is 0.767. The highest BCUT2D eigenvalue weighted by Crippen LogP contribution is 2.38. The number of hydrogen-bond donors (Lipinski definition) is 1. The van der Waals surface area contributed by atoms with E-state index in [1.54, 1.807) is 40.9 Å². The number of carbonyl (C=O) groups is 2. The van der Waals surface area contributed by atoms with Crippen LogP contribution in [0.25, 0.3) is 11.3 Å². The second-order valence-corrected chi connectivity index (χ2v) is 9.17. The van der Waals surface area contributed by atoms with Crippen LogP contribution in [-0.2, 0) is 16.1 Å². The normalized spacial score (nSPS) is 25.1. The Labute approximate surface area is 183 Å². The van der Waals surface area contributed by atoms with E-state index in [-0.39, 0.29) is 42.8 Å². The third-order valence-electron chi connectivity index (χ3n) is 6.12. The van der Waals surface area contributed by atoms with E-state index in [9.17, 15) is 14.0 Å². The van der Waals surface area contributed by atoms with Gasteiger partial charge in [-0.05, 0) is 25.0 Å². The number of carbonyl (C=O) groups excluding carboxylic acids is 2. The van der Waals surface area contributed by atoms with Crippen LogP contribution in [0.4, 0.5) is 4.39 Å². The maximum Gasteiger partial charge on any atom is 0.234 e. The first-order valence-electron chi connectivity index (χ1n) is 10.6. The molecule has 2 amide bonds. The summed E-state index contributed by atoms with van der Waals surface area (Å²) < 4.78 is 19.1. The summed E-state index contributed by atoms with van der Waals surface area (Å²) in [5, 5.41) is 7.52. The number of rotatable bonds is 5. The Morgan fingerprint density at radius 3 is 3.00 bits per heavy atom. The summed E-state index contributed by atoms with van der Waals surface area (Å²) in [4.78, 5) is 32.1. The van der Waals surface area contributed by atoms with Crippen molar-refractivity contribution >= 4 is 28.7 Å². The fraction of sp³-hybridized carbons (Fsp3) is 0.455. The van der Waals surface area contributed by atoms with Gasteiger partial charge in [0, 0.05) is 18.2 Å². The molecule has 9 heteroatoms. The number of aromatic nitrogens is 1. The molecule has 3 unspecified atom stereocenters. The van der Waals surface area contributed by atoms with Crippen molar-refractivity contribution in [2.24, 2.45) is 10.9 Å². The van der Waals surface area contributed by atoms with E-state index in [1.807, 2.05) is 0 Å². The van der Waals surface area contributed by atoms with Crippen molar-refractivity contribution in [3.63, 3.8) is 0 Å². The topological polar surface area (TPSA) is 87.8 Å². The van der Waals surface area contributed by atoms with Gasteiger partial charge in [-0.3, -0.25) is 19.5 Å². The van der Waals surface area contributed by atoms with Crippen LogP contribution >= 0.6 is 11.8 Å². The number of hydrogen-bond acceptors (Lipinski definition) is 6. The van der Waals surface area contributed by atoms with Gasteiger partial charge < -0.3 is 9.84 Å². The highest BCUT2D eigenvalue weighted by atomic mass is 32.2. The van der Waals surface area contributed by atoms with Gasteiger partial charge in [-0.2, -0.15) is 0 Å². The number of halogens is 1. The molecule has 5 rings (SSSR count). The molecule has 1 saturated heterocycles. The number of benzene rings is 1. The molecule has 1 saturated carbocycles. The second kappa shape index (κ2) is 8.45. The van der Waals surface area contributed by atoms with Crippen molar-refractivity contribution in [1.29, 1.82) is 0 Å². The molecule has 3 aliphatic rings. The summed E-state index contributed by atoms with van der Waals surface area (Å²) in [6.07, 6.45) is 4.27. The van der Waals surface area contributed by atoms with Crippen molar-refractivity contribution in [2.75, 3.05) is 5.75 Å². The number of nitrogens with zero attached hydrogens (tertiary/aromatic N) is 3. The monoisotopic (exact) mass is 442 g/mol. The van der Waals surface area contributed by atoms with E-state index in [0.29, 0.717) is 22.8 Å². The average molecular weight is 443 g/mol. The van der Waals surface area contributed by atoms with Gasteiger partial charge in [0.1, 0.15) is 11.5 Å². The van der Waals surface area contributed by atoms with Crippen molar-refractivity contribution in [1.82, 2.24) is 15.4 Å².